The van der Waals surface area contributed by atoms with E-state index >= 15 is 0 Å². The van der Waals surface area contributed by atoms with Crippen molar-refractivity contribution >= 4 is 33.9 Å². The summed E-state index contributed by atoms with van der Waals surface area (Å²) in [5, 5.41) is 12.1. The van der Waals surface area contributed by atoms with Gasteiger partial charge in [-0.1, -0.05) is 51.0 Å². The molecule has 1 amide bonds. The van der Waals surface area contributed by atoms with Gasteiger partial charge in [0.05, 0.1) is 4.47 Å². The van der Waals surface area contributed by atoms with E-state index < -0.39 is 5.97 Å². The molecule has 2 aromatic carbocycles. The van der Waals surface area contributed by atoms with Gasteiger partial charge in [-0.05, 0) is 64.7 Å². The Morgan fingerprint density at radius 2 is 1.69 bits per heavy atom. The minimum atomic E-state index is -1.17. The molecule has 0 bridgehead atoms. The average molecular weight is 460 g/mol. The Balaban J connectivity index is 2.13. The molecule has 2 N–H and O–H groups in total. The number of carboxylic acid groups (broad SMARTS) is 1. The zero-order valence-electron chi connectivity index (χ0n) is 16.7. The number of nitrogens with one attached hydrogen (secondary N) is 1. The van der Waals surface area contributed by atoms with Gasteiger partial charge in [0.2, 0.25) is 5.91 Å². The molecule has 0 aliphatic heterocycles. The fourth-order valence-corrected chi connectivity index (χ4v) is 3.31. The van der Waals surface area contributed by atoms with Crippen LogP contribution in [0.3, 0.4) is 0 Å². The maximum Gasteiger partial charge on any atom is 0.352 e. The molecule has 0 aromatic heterocycles. The van der Waals surface area contributed by atoms with E-state index in [1.54, 1.807) is 24.3 Å². The molecule has 29 heavy (non-hydrogen) atoms. The van der Waals surface area contributed by atoms with Crippen LogP contribution in [0.1, 0.15) is 45.1 Å². The van der Waals surface area contributed by atoms with Crippen molar-refractivity contribution in [3.8, 4) is 11.5 Å². The molecule has 0 aliphatic rings. The van der Waals surface area contributed by atoms with Crippen LogP contribution in [0.5, 0.6) is 11.5 Å². The third kappa shape index (κ3) is 7.06. The molecule has 2 rings (SSSR count). The summed E-state index contributed by atoms with van der Waals surface area (Å²) in [6.45, 7) is 4.03. The van der Waals surface area contributed by atoms with Crippen molar-refractivity contribution in [1.82, 2.24) is 5.32 Å². The zero-order chi connectivity index (χ0) is 21.2. The van der Waals surface area contributed by atoms with E-state index in [9.17, 15) is 14.7 Å². The normalized spacial score (nSPS) is 11.4. The number of benzene rings is 2. The van der Waals surface area contributed by atoms with Crippen molar-refractivity contribution in [2.45, 2.75) is 39.5 Å². The van der Waals surface area contributed by atoms with E-state index in [-0.39, 0.29) is 17.5 Å². The highest BCUT2D eigenvalue weighted by molar-refractivity contribution is 9.10. The van der Waals surface area contributed by atoms with E-state index in [2.05, 4.69) is 21.2 Å². The van der Waals surface area contributed by atoms with E-state index in [1.807, 2.05) is 38.1 Å². The predicted octanol–water partition coefficient (Wildman–Crippen LogP) is 6.00. The largest absolute Gasteiger partial charge is 0.477 e. The minimum Gasteiger partial charge on any atom is -0.477 e. The summed E-state index contributed by atoms with van der Waals surface area (Å²) >= 11 is 3.43. The summed E-state index contributed by atoms with van der Waals surface area (Å²) in [7, 11) is 0. The first-order valence-corrected chi connectivity index (χ1v) is 10.5. The molecule has 0 radical (unpaired) electrons. The number of ether oxygens (including phenoxy) is 1. The first kappa shape index (κ1) is 22.7. The van der Waals surface area contributed by atoms with Gasteiger partial charge in [0, 0.05) is 5.92 Å². The van der Waals surface area contributed by atoms with Crippen LogP contribution in [-0.2, 0) is 9.59 Å². The average Bonchev–Trinajstić information content (AvgIpc) is 2.70. The summed E-state index contributed by atoms with van der Waals surface area (Å²) < 4.78 is 6.65. The second-order valence-electron chi connectivity index (χ2n) is 6.73. The molecule has 5 nitrogen and oxygen atoms in total. The van der Waals surface area contributed by atoms with Crippen molar-refractivity contribution in [3.63, 3.8) is 0 Å². The first-order chi connectivity index (χ1) is 13.9. The lowest BCUT2D eigenvalue weighted by molar-refractivity contribution is -0.135. The molecule has 0 atom stereocenters. The number of para-hydroxylation sites is 1. The predicted molar refractivity (Wildman–Crippen MR) is 118 cm³/mol. The van der Waals surface area contributed by atoms with Gasteiger partial charge >= 0.3 is 5.97 Å². The van der Waals surface area contributed by atoms with Crippen molar-refractivity contribution in [3.05, 3.63) is 64.3 Å². The van der Waals surface area contributed by atoms with Crippen molar-refractivity contribution < 1.29 is 19.4 Å². The zero-order valence-corrected chi connectivity index (χ0v) is 18.2. The van der Waals surface area contributed by atoms with Crippen LogP contribution in [0, 0.1) is 5.92 Å². The van der Waals surface area contributed by atoms with Gasteiger partial charge in [-0.2, -0.15) is 0 Å². The lowest BCUT2D eigenvalue weighted by Crippen LogP contribution is -2.33. The van der Waals surface area contributed by atoms with Gasteiger partial charge in [-0.3, -0.25) is 4.79 Å². The SMILES string of the molecule is CCCC(CCC)C(=O)N/C(=C\c1ccc(Oc2ccccc2Br)cc1)C(=O)O. The highest BCUT2D eigenvalue weighted by Crippen LogP contribution is 2.29. The van der Waals surface area contributed by atoms with Gasteiger partial charge in [-0.15, -0.1) is 0 Å². The number of carbonyl (C=O) groups excluding carboxylic acids is 1. The van der Waals surface area contributed by atoms with Crippen molar-refractivity contribution in [1.29, 1.82) is 0 Å². The third-order valence-corrected chi connectivity index (χ3v) is 5.04. The molecule has 0 saturated carbocycles. The summed E-state index contributed by atoms with van der Waals surface area (Å²) in [4.78, 5) is 24.1. The van der Waals surface area contributed by atoms with Crippen LogP contribution >= 0.6 is 15.9 Å². The van der Waals surface area contributed by atoms with Crippen LogP contribution in [0.25, 0.3) is 6.08 Å². The Labute approximate surface area is 179 Å². The van der Waals surface area contributed by atoms with Gasteiger partial charge < -0.3 is 15.2 Å². The highest BCUT2D eigenvalue weighted by atomic mass is 79.9. The number of amides is 1. The van der Waals surface area contributed by atoms with Crippen LogP contribution in [-0.4, -0.2) is 17.0 Å². The van der Waals surface area contributed by atoms with Crippen LogP contribution in [0.2, 0.25) is 0 Å². The lowest BCUT2D eigenvalue weighted by Gasteiger charge is -2.15. The maximum atomic E-state index is 12.5. The standard InChI is InChI=1S/C23H26BrNO4/c1-3-7-17(8-4-2)22(26)25-20(23(27)28)15-16-11-13-18(14-12-16)29-21-10-6-5-9-19(21)24/h5-6,9-15,17H,3-4,7-8H2,1-2H3,(H,25,26)(H,27,28)/b20-15-. The quantitative estimate of drug-likeness (QED) is 0.427. The molecule has 0 unspecified atom stereocenters. The summed E-state index contributed by atoms with van der Waals surface area (Å²) in [5.41, 5.74) is 0.524. The number of carbonyl (C=O) groups is 2. The summed E-state index contributed by atoms with van der Waals surface area (Å²) in [6.07, 6.45) is 4.70. The lowest BCUT2D eigenvalue weighted by atomic mass is 9.97. The van der Waals surface area contributed by atoms with E-state index in [0.29, 0.717) is 17.1 Å². The number of halogens is 1. The van der Waals surface area contributed by atoms with Gasteiger partial charge in [-0.25, -0.2) is 4.79 Å². The molecule has 154 valence electrons. The summed E-state index contributed by atoms with van der Waals surface area (Å²) in [6, 6.07) is 14.5. The molecule has 0 heterocycles. The molecule has 0 spiro atoms. The number of hydrogen-bond donors (Lipinski definition) is 2. The third-order valence-electron chi connectivity index (χ3n) is 4.39. The summed E-state index contributed by atoms with van der Waals surface area (Å²) in [5.74, 6) is -0.268. The van der Waals surface area contributed by atoms with E-state index in [1.165, 1.54) is 6.08 Å². The van der Waals surface area contributed by atoms with Gasteiger partial charge in [0.15, 0.2) is 0 Å². The molecular weight excluding hydrogens is 434 g/mol. The second-order valence-corrected chi connectivity index (χ2v) is 7.58. The first-order valence-electron chi connectivity index (χ1n) is 9.72. The van der Waals surface area contributed by atoms with Crippen LogP contribution in [0.15, 0.2) is 58.7 Å². The second kappa shape index (κ2) is 11.4. The monoisotopic (exact) mass is 459 g/mol. The Bertz CT molecular complexity index is 855. The molecular formula is C23H26BrNO4. The van der Waals surface area contributed by atoms with Gasteiger partial charge in [0.25, 0.3) is 0 Å². The number of aliphatic carboxylic acids is 1. The van der Waals surface area contributed by atoms with Crippen molar-refractivity contribution in [2.24, 2.45) is 5.92 Å². The molecule has 0 saturated heterocycles. The van der Waals surface area contributed by atoms with Gasteiger partial charge in [0.1, 0.15) is 17.2 Å². The number of hydrogen-bond acceptors (Lipinski definition) is 3. The Kier molecular flexibility index (Phi) is 8.93. The fraction of sp³-hybridized carbons (Fsp3) is 0.304. The molecule has 0 fully saturated rings. The van der Waals surface area contributed by atoms with E-state index in [4.69, 9.17) is 4.74 Å². The Morgan fingerprint density at radius 1 is 1.07 bits per heavy atom. The number of rotatable bonds is 10. The minimum absolute atomic E-state index is 0.133. The highest BCUT2D eigenvalue weighted by Gasteiger charge is 2.20. The van der Waals surface area contributed by atoms with Crippen LogP contribution in [0.4, 0.5) is 0 Å². The maximum absolute atomic E-state index is 12.5. The fourth-order valence-electron chi connectivity index (χ4n) is 2.94. The Morgan fingerprint density at radius 3 is 2.24 bits per heavy atom. The number of carboxylic acids is 1. The molecule has 2 aromatic rings. The van der Waals surface area contributed by atoms with Crippen molar-refractivity contribution in [2.75, 3.05) is 0 Å². The topological polar surface area (TPSA) is 75.6 Å². The van der Waals surface area contributed by atoms with E-state index in [0.717, 1.165) is 30.2 Å². The molecule has 0 aliphatic carbocycles. The smallest absolute Gasteiger partial charge is 0.352 e. The molecule has 6 heteroatoms. The van der Waals surface area contributed by atoms with Crippen LogP contribution < -0.4 is 10.1 Å². The Hall–Kier alpha value is -2.60.